The monoisotopic (exact) mass is 240 g/mol. The van der Waals surface area contributed by atoms with E-state index in [0.29, 0.717) is 16.6 Å². The van der Waals surface area contributed by atoms with E-state index in [0.717, 1.165) is 6.42 Å². The van der Waals surface area contributed by atoms with E-state index in [4.69, 9.17) is 5.11 Å². The number of hydrogen-bond acceptors (Lipinski definition) is 2. The molecule has 4 heteroatoms. The first-order valence-corrected chi connectivity index (χ1v) is 6.58. The van der Waals surface area contributed by atoms with Crippen LogP contribution in [0, 0.1) is 5.92 Å². The molecule has 0 aromatic heterocycles. The molecule has 2 atom stereocenters. The van der Waals surface area contributed by atoms with Crippen molar-refractivity contribution in [2.24, 2.45) is 5.92 Å². The van der Waals surface area contributed by atoms with Crippen molar-refractivity contribution in [3.05, 3.63) is 29.8 Å². The third kappa shape index (κ3) is 3.45. The van der Waals surface area contributed by atoms with Gasteiger partial charge in [0.25, 0.3) is 0 Å². The minimum Gasteiger partial charge on any atom is -0.478 e. The van der Waals surface area contributed by atoms with Crippen molar-refractivity contribution in [1.29, 1.82) is 0 Å². The third-order valence-electron chi connectivity index (χ3n) is 2.48. The Bertz CT molecular complexity index is 401. The zero-order chi connectivity index (χ0) is 12.1. The van der Waals surface area contributed by atoms with Gasteiger partial charge in [0.1, 0.15) is 0 Å². The largest absolute Gasteiger partial charge is 0.478 e. The highest BCUT2D eigenvalue weighted by Gasteiger charge is 2.10. The number of rotatable bonds is 5. The Morgan fingerprint density at radius 2 is 2.19 bits per heavy atom. The molecule has 0 bridgehead atoms. The van der Waals surface area contributed by atoms with E-state index in [9.17, 15) is 9.00 Å². The van der Waals surface area contributed by atoms with E-state index < -0.39 is 16.8 Å². The maximum Gasteiger partial charge on any atom is 0.335 e. The Morgan fingerprint density at radius 3 is 2.75 bits per heavy atom. The zero-order valence-electron chi connectivity index (χ0n) is 9.47. The molecule has 0 saturated carbocycles. The molecule has 0 spiro atoms. The number of carboxylic acids is 1. The molecule has 2 unspecified atom stereocenters. The predicted octanol–water partition coefficient (Wildman–Crippen LogP) is 2.54. The zero-order valence-corrected chi connectivity index (χ0v) is 10.3. The summed E-state index contributed by atoms with van der Waals surface area (Å²) in [5.41, 5.74) is 0.190. The van der Waals surface area contributed by atoms with E-state index >= 15 is 0 Å². The standard InChI is InChI=1S/C12H16O3S/c1-3-9(2)8-16(15)11-6-4-5-10(7-11)12(13)14/h4-7,9H,3,8H2,1-2H3,(H,13,14). The van der Waals surface area contributed by atoms with Gasteiger partial charge < -0.3 is 5.11 Å². The van der Waals surface area contributed by atoms with Crippen molar-refractivity contribution in [3.63, 3.8) is 0 Å². The van der Waals surface area contributed by atoms with Gasteiger partial charge >= 0.3 is 5.97 Å². The maximum atomic E-state index is 11.9. The van der Waals surface area contributed by atoms with Crippen molar-refractivity contribution in [1.82, 2.24) is 0 Å². The van der Waals surface area contributed by atoms with E-state index in [-0.39, 0.29) is 5.56 Å². The van der Waals surface area contributed by atoms with Gasteiger partial charge in [0.05, 0.1) is 16.4 Å². The molecule has 0 fully saturated rings. The summed E-state index contributed by atoms with van der Waals surface area (Å²) in [5, 5.41) is 8.82. The number of aromatic carboxylic acids is 1. The van der Waals surface area contributed by atoms with Crippen LogP contribution in [0.4, 0.5) is 0 Å². The molecule has 16 heavy (non-hydrogen) atoms. The van der Waals surface area contributed by atoms with Crippen LogP contribution in [0.1, 0.15) is 30.6 Å². The Kier molecular flexibility index (Phi) is 4.68. The van der Waals surface area contributed by atoms with Crippen LogP contribution in [-0.2, 0) is 10.8 Å². The minimum absolute atomic E-state index is 0.190. The van der Waals surface area contributed by atoms with Crippen LogP contribution < -0.4 is 0 Å². The van der Waals surface area contributed by atoms with E-state index in [1.807, 2.05) is 6.92 Å². The lowest BCUT2D eigenvalue weighted by Crippen LogP contribution is -2.08. The first kappa shape index (κ1) is 12.9. The van der Waals surface area contributed by atoms with Crippen LogP contribution in [0.25, 0.3) is 0 Å². The lowest BCUT2D eigenvalue weighted by atomic mass is 10.2. The smallest absolute Gasteiger partial charge is 0.335 e. The summed E-state index contributed by atoms with van der Waals surface area (Å²) in [4.78, 5) is 11.4. The second-order valence-corrected chi connectivity index (χ2v) is 5.35. The highest BCUT2D eigenvalue weighted by molar-refractivity contribution is 7.85. The molecule has 3 nitrogen and oxygen atoms in total. The fourth-order valence-corrected chi connectivity index (χ4v) is 2.68. The van der Waals surface area contributed by atoms with Crippen LogP contribution in [0.15, 0.2) is 29.2 Å². The Balaban J connectivity index is 2.83. The minimum atomic E-state index is -1.10. The van der Waals surface area contributed by atoms with Crippen molar-refractivity contribution < 1.29 is 14.1 Å². The van der Waals surface area contributed by atoms with Gasteiger partial charge in [-0.1, -0.05) is 26.3 Å². The second kappa shape index (κ2) is 5.80. The van der Waals surface area contributed by atoms with E-state index in [1.54, 1.807) is 12.1 Å². The van der Waals surface area contributed by atoms with Crippen molar-refractivity contribution >= 4 is 16.8 Å². The third-order valence-corrected chi connectivity index (χ3v) is 4.13. The molecule has 0 heterocycles. The first-order chi connectivity index (χ1) is 7.54. The second-order valence-electron chi connectivity index (χ2n) is 3.86. The van der Waals surface area contributed by atoms with Gasteiger partial charge in [-0.05, 0) is 24.1 Å². The fraction of sp³-hybridized carbons (Fsp3) is 0.417. The van der Waals surface area contributed by atoms with Crippen LogP contribution in [0.3, 0.4) is 0 Å². The topological polar surface area (TPSA) is 54.4 Å². The van der Waals surface area contributed by atoms with Gasteiger partial charge in [0.15, 0.2) is 0 Å². The molecule has 0 radical (unpaired) electrons. The fourth-order valence-electron chi connectivity index (χ4n) is 1.24. The number of carboxylic acid groups (broad SMARTS) is 1. The van der Waals surface area contributed by atoms with Gasteiger partial charge in [-0.15, -0.1) is 0 Å². The Hall–Kier alpha value is -1.16. The Morgan fingerprint density at radius 1 is 1.50 bits per heavy atom. The van der Waals surface area contributed by atoms with Gasteiger partial charge in [-0.3, -0.25) is 4.21 Å². The molecular weight excluding hydrogens is 224 g/mol. The molecule has 0 aliphatic heterocycles. The quantitative estimate of drug-likeness (QED) is 0.860. The van der Waals surface area contributed by atoms with Gasteiger partial charge in [0, 0.05) is 10.6 Å². The molecule has 1 rings (SSSR count). The first-order valence-electron chi connectivity index (χ1n) is 5.26. The average molecular weight is 240 g/mol. The highest BCUT2D eigenvalue weighted by atomic mass is 32.2. The molecule has 0 amide bonds. The van der Waals surface area contributed by atoms with Crippen molar-refractivity contribution in [3.8, 4) is 0 Å². The molecule has 1 aromatic carbocycles. The summed E-state index contributed by atoms with van der Waals surface area (Å²) in [6.07, 6.45) is 0.977. The van der Waals surface area contributed by atoms with Gasteiger partial charge in [0.2, 0.25) is 0 Å². The highest BCUT2D eigenvalue weighted by Crippen LogP contribution is 2.13. The lowest BCUT2D eigenvalue weighted by molar-refractivity contribution is 0.0696. The SMILES string of the molecule is CCC(C)CS(=O)c1cccc(C(=O)O)c1. The summed E-state index contributed by atoms with van der Waals surface area (Å²) >= 11 is 0. The van der Waals surface area contributed by atoms with Gasteiger partial charge in [-0.2, -0.15) is 0 Å². The summed E-state index contributed by atoms with van der Waals surface area (Å²) in [5.74, 6) is -0.0174. The number of carbonyl (C=O) groups is 1. The predicted molar refractivity (Wildman–Crippen MR) is 64.1 cm³/mol. The van der Waals surface area contributed by atoms with Crippen molar-refractivity contribution in [2.45, 2.75) is 25.2 Å². The molecule has 0 saturated heterocycles. The maximum absolute atomic E-state index is 11.9. The summed E-state index contributed by atoms with van der Waals surface area (Å²) in [6.45, 7) is 4.09. The summed E-state index contributed by atoms with van der Waals surface area (Å²) in [7, 11) is -1.10. The molecule has 88 valence electrons. The van der Waals surface area contributed by atoms with E-state index in [1.165, 1.54) is 12.1 Å². The molecule has 0 aliphatic rings. The number of benzene rings is 1. The molecule has 0 aliphatic carbocycles. The Labute approximate surface area is 98.0 Å². The van der Waals surface area contributed by atoms with Crippen LogP contribution in [0.2, 0.25) is 0 Å². The van der Waals surface area contributed by atoms with Crippen LogP contribution >= 0.6 is 0 Å². The van der Waals surface area contributed by atoms with Crippen LogP contribution in [-0.4, -0.2) is 21.0 Å². The molecule has 1 N–H and O–H groups in total. The van der Waals surface area contributed by atoms with Crippen molar-refractivity contribution in [2.75, 3.05) is 5.75 Å². The summed E-state index contributed by atoms with van der Waals surface area (Å²) in [6, 6.07) is 6.34. The summed E-state index contributed by atoms with van der Waals surface area (Å²) < 4.78 is 11.9. The van der Waals surface area contributed by atoms with Gasteiger partial charge in [-0.25, -0.2) is 4.79 Å². The average Bonchev–Trinajstić information content (AvgIpc) is 2.28. The lowest BCUT2D eigenvalue weighted by Gasteiger charge is -2.08. The van der Waals surface area contributed by atoms with Crippen LogP contribution in [0.5, 0.6) is 0 Å². The normalized spacial score (nSPS) is 14.4. The van der Waals surface area contributed by atoms with E-state index in [2.05, 4.69) is 6.92 Å². The number of hydrogen-bond donors (Lipinski definition) is 1. The molecular formula is C12H16O3S. The molecule has 1 aromatic rings.